The molecular formula is C29H20N2. The van der Waals surface area contributed by atoms with E-state index in [1.54, 1.807) is 0 Å². The summed E-state index contributed by atoms with van der Waals surface area (Å²) in [6.45, 7) is 0. The molecule has 0 unspecified atom stereocenters. The first kappa shape index (κ1) is 17.7. The molecule has 0 atom stereocenters. The standard InChI is InChI=1S/C29H20N2/c1-2-11-24(12-3-1)31-28-15-5-4-13-25(28)26-17-16-22(20-29(26)31)21-9-8-10-23(19-21)27-14-6-7-18-30-27/h1-20H. The zero-order chi connectivity index (χ0) is 20.6. The fourth-order valence-corrected chi connectivity index (χ4v) is 4.40. The highest BCUT2D eigenvalue weighted by atomic mass is 15.0. The molecule has 0 radical (unpaired) electrons. The smallest absolute Gasteiger partial charge is 0.0702 e. The van der Waals surface area contributed by atoms with Gasteiger partial charge in [0.15, 0.2) is 0 Å². The average Bonchev–Trinajstić information content (AvgIpc) is 3.19. The van der Waals surface area contributed by atoms with Crippen LogP contribution in [0.15, 0.2) is 121 Å². The summed E-state index contributed by atoms with van der Waals surface area (Å²) in [5.74, 6) is 0. The minimum absolute atomic E-state index is 0.990. The summed E-state index contributed by atoms with van der Waals surface area (Å²) in [6.07, 6.45) is 1.84. The second kappa shape index (κ2) is 7.26. The fourth-order valence-electron chi connectivity index (χ4n) is 4.40. The number of rotatable bonds is 3. The molecule has 0 aliphatic heterocycles. The molecule has 6 aromatic rings. The van der Waals surface area contributed by atoms with Crippen LogP contribution in [0.25, 0.3) is 49.9 Å². The predicted octanol–water partition coefficient (Wildman–Crippen LogP) is 7.51. The van der Waals surface area contributed by atoms with Gasteiger partial charge in [-0.25, -0.2) is 0 Å². The molecule has 4 aromatic carbocycles. The molecule has 0 saturated carbocycles. The number of hydrogen-bond donors (Lipinski definition) is 0. The van der Waals surface area contributed by atoms with Crippen molar-refractivity contribution in [2.45, 2.75) is 0 Å². The molecule has 0 aliphatic carbocycles. The van der Waals surface area contributed by atoms with Crippen molar-refractivity contribution < 1.29 is 0 Å². The van der Waals surface area contributed by atoms with Gasteiger partial charge in [-0.1, -0.05) is 72.8 Å². The molecule has 6 rings (SSSR count). The fraction of sp³-hybridized carbons (Fsp3) is 0. The van der Waals surface area contributed by atoms with E-state index < -0.39 is 0 Å². The van der Waals surface area contributed by atoms with Crippen LogP contribution in [0, 0.1) is 0 Å². The van der Waals surface area contributed by atoms with E-state index in [9.17, 15) is 0 Å². The Bertz CT molecular complexity index is 1510. The van der Waals surface area contributed by atoms with E-state index in [2.05, 4.69) is 113 Å². The number of aromatic nitrogens is 2. The van der Waals surface area contributed by atoms with Gasteiger partial charge in [0, 0.05) is 28.2 Å². The number of para-hydroxylation sites is 2. The highest BCUT2D eigenvalue weighted by Crippen LogP contribution is 2.35. The van der Waals surface area contributed by atoms with Crippen LogP contribution in [0.1, 0.15) is 0 Å². The Labute approximate surface area is 181 Å². The van der Waals surface area contributed by atoms with E-state index in [1.165, 1.54) is 38.6 Å². The zero-order valence-corrected chi connectivity index (χ0v) is 16.9. The Morgan fingerprint density at radius 3 is 2.10 bits per heavy atom. The van der Waals surface area contributed by atoms with Gasteiger partial charge in [-0.05, 0) is 53.6 Å². The summed E-state index contributed by atoms with van der Waals surface area (Å²) in [7, 11) is 0. The molecule has 31 heavy (non-hydrogen) atoms. The van der Waals surface area contributed by atoms with Crippen molar-refractivity contribution in [3.05, 3.63) is 121 Å². The lowest BCUT2D eigenvalue weighted by molar-refractivity contribution is 1.18. The number of hydrogen-bond acceptors (Lipinski definition) is 1. The second-order valence-electron chi connectivity index (χ2n) is 7.72. The van der Waals surface area contributed by atoms with Crippen molar-refractivity contribution in [2.24, 2.45) is 0 Å². The molecule has 146 valence electrons. The first-order chi connectivity index (χ1) is 15.4. The first-order valence-corrected chi connectivity index (χ1v) is 10.5. The minimum atomic E-state index is 0.990. The molecule has 0 bridgehead atoms. The molecule has 2 heterocycles. The van der Waals surface area contributed by atoms with Gasteiger partial charge in [-0.2, -0.15) is 0 Å². The average molecular weight is 396 g/mol. The van der Waals surface area contributed by atoms with Gasteiger partial charge in [0.05, 0.1) is 16.7 Å². The molecule has 2 nitrogen and oxygen atoms in total. The molecule has 0 aliphatic rings. The highest BCUT2D eigenvalue weighted by Gasteiger charge is 2.13. The molecule has 0 spiro atoms. The number of nitrogens with zero attached hydrogens (tertiary/aromatic N) is 2. The van der Waals surface area contributed by atoms with Crippen LogP contribution in [0.4, 0.5) is 0 Å². The van der Waals surface area contributed by atoms with Crippen LogP contribution in [0.3, 0.4) is 0 Å². The number of benzene rings is 4. The zero-order valence-electron chi connectivity index (χ0n) is 16.9. The van der Waals surface area contributed by atoms with Gasteiger partial charge >= 0.3 is 0 Å². The van der Waals surface area contributed by atoms with Crippen LogP contribution in [-0.2, 0) is 0 Å². The summed E-state index contributed by atoms with van der Waals surface area (Å²) in [5.41, 5.74) is 8.12. The van der Waals surface area contributed by atoms with Crippen molar-refractivity contribution in [2.75, 3.05) is 0 Å². The third kappa shape index (κ3) is 3.01. The topological polar surface area (TPSA) is 17.8 Å². The molecule has 0 N–H and O–H groups in total. The predicted molar refractivity (Wildman–Crippen MR) is 129 cm³/mol. The lowest BCUT2D eigenvalue weighted by atomic mass is 10.00. The van der Waals surface area contributed by atoms with Gasteiger partial charge < -0.3 is 4.57 Å². The maximum absolute atomic E-state index is 4.51. The molecule has 0 saturated heterocycles. The van der Waals surface area contributed by atoms with E-state index in [1.807, 2.05) is 18.3 Å². The van der Waals surface area contributed by atoms with Crippen LogP contribution in [-0.4, -0.2) is 9.55 Å². The SMILES string of the molecule is c1ccc(-n2c3ccccc3c3ccc(-c4cccc(-c5ccccn5)c4)cc32)cc1. The number of fused-ring (bicyclic) bond motifs is 3. The van der Waals surface area contributed by atoms with Crippen LogP contribution in [0.5, 0.6) is 0 Å². The normalized spacial score (nSPS) is 11.2. The van der Waals surface area contributed by atoms with E-state index in [-0.39, 0.29) is 0 Å². The summed E-state index contributed by atoms with van der Waals surface area (Å²) in [4.78, 5) is 4.51. The lowest BCUT2D eigenvalue weighted by Crippen LogP contribution is -1.93. The largest absolute Gasteiger partial charge is 0.309 e. The Hall–Kier alpha value is -4.17. The van der Waals surface area contributed by atoms with Crippen molar-refractivity contribution in [3.8, 4) is 28.1 Å². The molecule has 0 fully saturated rings. The van der Waals surface area contributed by atoms with Gasteiger partial charge in [-0.3, -0.25) is 4.98 Å². The van der Waals surface area contributed by atoms with Crippen molar-refractivity contribution in [1.82, 2.24) is 9.55 Å². The van der Waals surface area contributed by atoms with E-state index in [4.69, 9.17) is 0 Å². The second-order valence-corrected chi connectivity index (χ2v) is 7.72. The Morgan fingerprint density at radius 2 is 1.23 bits per heavy atom. The lowest BCUT2D eigenvalue weighted by Gasteiger charge is -2.09. The summed E-state index contributed by atoms with van der Waals surface area (Å²) in [6, 6.07) is 40.6. The highest BCUT2D eigenvalue weighted by molar-refractivity contribution is 6.10. The molecule has 0 amide bonds. The minimum Gasteiger partial charge on any atom is -0.309 e. The van der Waals surface area contributed by atoms with Gasteiger partial charge in [0.1, 0.15) is 0 Å². The van der Waals surface area contributed by atoms with E-state index >= 15 is 0 Å². The van der Waals surface area contributed by atoms with Gasteiger partial charge in [0.25, 0.3) is 0 Å². The van der Waals surface area contributed by atoms with Gasteiger partial charge in [0.2, 0.25) is 0 Å². The quantitative estimate of drug-likeness (QED) is 0.303. The molecule has 2 heteroatoms. The number of pyridine rings is 1. The van der Waals surface area contributed by atoms with E-state index in [0.717, 1.165) is 11.3 Å². The van der Waals surface area contributed by atoms with Crippen LogP contribution >= 0.6 is 0 Å². The summed E-state index contributed by atoms with van der Waals surface area (Å²) >= 11 is 0. The maximum atomic E-state index is 4.51. The van der Waals surface area contributed by atoms with Crippen LogP contribution in [0.2, 0.25) is 0 Å². The van der Waals surface area contributed by atoms with E-state index in [0.29, 0.717) is 0 Å². The summed E-state index contributed by atoms with van der Waals surface area (Å²) in [5, 5.41) is 2.54. The monoisotopic (exact) mass is 396 g/mol. The molecule has 2 aromatic heterocycles. The maximum Gasteiger partial charge on any atom is 0.0702 e. The third-order valence-corrected chi connectivity index (χ3v) is 5.84. The first-order valence-electron chi connectivity index (χ1n) is 10.5. The summed E-state index contributed by atoms with van der Waals surface area (Å²) < 4.78 is 2.36. The van der Waals surface area contributed by atoms with Gasteiger partial charge in [-0.15, -0.1) is 0 Å². The van der Waals surface area contributed by atoms with Crippen molar-refractivity contribution >= 4 is 21.8 Å². The Kier molecular flexibility index (Phi) is 4.14. The van der Waals surface area contributed by atoms with Crippen LogP contribution < -0.4 is 0 Å². The molecular weight excluding hydrogens is 376 g/mol. The Morgan fingerprint density at radius 1 is 0.484 bits per heavy atom. The third-order valence-electron chi connectivity index (χ3n) is 5.84. The van der Waals surface area contributed by atoms with Crippen molar-refractivity contribution in [3.63, 3.8) is 0 Å². The Balaban J connectivity index is 1.58. The van der Waals surface area contributed by atoms with Crippen molar-refractivity contribution in [1.29, 1.82) is 0 Å².